The van der Waals surface area contributed by atoms with E-state index < -0.39 is 0 Å². The number of aromatic nitrogens is 1. The molecule has 0 bridgehead atoms. The highest BCUT2D eigenvalue weighted by molar-refractivity contribution is 7.99. The average molecular weight is 175 g/mol. The highest BCUT2D eigenvalue weighted by Crippen LogP contribution is 2.19. The van der Waals surface area contributed by atoms with E-state index in [1.165, 1.54) is 11.8 Å². The van der Waals surface area contributed by atoms with Crippen LogP contribution in [0.15, 0.2) is 23.4 Å². The highest BCUT2D eigenvalue weighted by Gasteiger charge is 2.00. The first-order chi connectivity index (χ1) is 5.88. The number of hydrogen-bond donors (Lipinski definition) is 0. The monoisotopic (exact) mass is 175 g/mol. The maximum Gasteiger partial charge on any atom is 0.100 e. The quantitative estimate of drug-likeness (QED) is 0.640. The second kappa shape index (κ2) is 4.38. The highest BCUT2D eigenvalue weighted by atomic mass is 32.2. The number of pyridine rings is 1. The maximum atomic E-state index is 8.64. The molecule has 1 aromatic heterocycles. The third kappa shape index (κ3) is 1.98. The minimum absolute atomic E-state index is 0.348. The SMILES string of the molecule is N#CCSc1cnccc1C#N. The summed E-state index contributed by atoms with van der Waals surface area (Å²) in [6, 6.07) is 5.67. The summed E-state index contributed by atoms with van der Waals surface area (Å²) in [6.07, 6.45) is 3.16. The normalized spacial score (nSPS) is 8.50. The number of nitrogens with zero attached hydrogens (tertiary/aromatic N) is 3. The van der Waals surface area contributed by atoms with Gasteiger partial charge in [-0.15, -0.1) is 11.8 Å². The molecule has 0 spiro atoms. The summed E-state index contributed by atoms with van der Waals surface area (Å²) in [4.78, 5) is 4.63. The molecule has 0 radical (unpaired) electrons. The first-order valence-electron chi connectivity index (χ1n) is 3.22. The Bertz CT molecular complexity index is 348. The van der Waals surface area contributed by atoms with E-state index in [1.54, 1.807) is 18.5 Å². The molecule has 0 N–H and O–H groups in total. The fourth-order valence-corrected chi connectivity index (χ4v) is 1.32. The summed E-state index contributed by atoms with van der Waals surface area (Å²) in [5.41, 5.74) is 0.574. The van der Waals surface area contributed by atoms with Gasteiger partial charge in [-0.25, -0.2) is 0 Å². The van der Waals surface area contributed by atoms with Gasteiger partial charge in [-0.3, -0.25) is 4.98 Å². The van der Waals surface area contributed by atoms with Gasteiger partial charge in [0.25, 0.3) is 0 Å². The molecule has 0 aliphatic heterocycles. The minimum atomic E-state index is 0.348. The number of thioether (sulfide) groups is 1. The molecule has 0 fully saturated rings. The van der Waals surface area contributed by atoms with E-state index in [9.17, 15) is 0 Å². The van der Waals surface area contributed by atoms with Crippen LogP contribution in [-0.4, -0.2) is 10.7 Å². The molecule has 3 nitrogen and oxygen atoms in total. The van der Waals surface area contributed by atoms with Crippen LogP contribution in [0.25, 0.3) is 0 Å². The molecular weight excluding hydrogens is 170 g/mol. The van der Waals surface area contributed by atoms with Crippen LogP contribution in [0.2, 0.25) is 0 Å². The molecule has 1 rings (SSSR count). The van der Waals surface area contributed by atoms with Crippen LogP contribution in [0.1, 0.15) is 5.56 Å². The van der Waals surface area contributed by atoms with E-state index in [4.69, 9.17) is 10.5 Å². The second-order valence-corrected chi connectivity index (χ2v) is 2.95. The zero-order valence-corrected chi connectivity index (χ0v) is 7.01. The van der Waals surface area contributed by atoms with Crippen molar-refractivity contribution in [1.29, 1.82) is 10.5 Å². The van der Waals surface area contributed by atoms with Crippen molar-refractivity contribution in [2.45, 2.75) is 4.90 Å². The van der Waals surface area contributed by atoms with E-state index in [-0.39, 0.29) is 0 Å². The average Bonchev–Trinajstić information content (AvgIpc) is 2.15. The molecule has 1 aromatic rings. The van der Waals surface area contributed by atoms with Crippen LogP contribution in [0.3, 0.4) is 0 Å². The minimum Gasteiger partial charge on any atom is -0.263 e. The standard InChI is InChI=1S/C8H5N3S/c9-2-4-12-8-6-11-3-1-7(8)5-10/h1,3,6H,4H2. The molecule has 4 heteroatoms. The smallest absolute Gasteiger partial charge is 0.100 e. The topological polar surface area (TPSA) is 60.5 Å². The molecule has 0 atom stereocenters. The van der Waals surface area contributed by atoms with Crippen molar-refractivity contribution in [3.63, 3.8) is 0 Å². The summed E-state index contributed by atoms with van der Waals surface area (Å²) >= 11 is 1.33. The van der Waals surface area contributed by atoms with Crippen LogP contribution in [-0.2, 0) is 0 Å². The van der Waals surface area contributed by atoms with Gasteiger partial charge < -0.3 is 0 Å². The molecule has 0 aliphatic rings. The molecule has 0 aromatic carbocycles. The van der Waals surface area contributed by atoms with Crippen molar-refractivity contribution < 1.29 is 0 Å². The van der Waals surface area contributed by atoms with Gasteiger partial charge in [0.1, 0.15) is 6.07 Å². The van der Waals surface area contributed by atoms with Crippen molar-refractivity contribution in [2.24, 2.45) is 0 Å². The third-order valence-electron chi connectivity index (χ3n) is 1.20. The van der Waals surface area contributed by atoms with Crippen molar-refractivity contribution in [3.8, 4) is 12.1 Å². The molecule has 0 saturated heterocycles. The Morgan fingerprint density at radius 3 is 3.00 bits per heavy atom. The fourth-order valence-electron chi connectivity index (χ4n) is 0.697. The first kappa shape index (κ1) is 8.58. The zero-order chi connectivity index (χ0) is 8.81. The Morgan fingerprint density at radius 2 is 2.33 bits per heavy atom. The van der Waals surface area contributed by atoms with Gasteiger partial charge in [0.2, 0.25) is 0 Å². The number of rotatable bonds is 2. The predicted octanol–water partition coefficient (Wildman–Crippen LogP) is 1.57. The Hall–Kier alpha value is -1.52. The largest absolute Gasteiger partial charge is 0.263 e. The lowest BCUT2D eigenvalue weighted by Crippen LogP contribution is -1.83. The van der Waals surface area contributed by atoms with E-state index in [1.807, 2.05) is 12.1 Å². The van der Waals surface area contributed by atoms with Crippen molar-refractivity contribution in [1.82, 2.24) is 4.98 Å². The molecule has 12 heavy (non-hydrogen) atoms. The Morgan fingerprint density at radius 1 is 1.50 bits per heavy atom. The summed E-state index contributed by atoms with van der Waals surface area (Å²) in [6.45, 7) is 0. The molecule has 1 heterocycles. The molecule has 0 saturated carbocycles. The first-order valence-corrected chi connectivity index (χ1v) is 4.21. The lowest BCUT2D eigenvalue weighted by Gasteiger charge is -1.96. The summed E-state index contributed by atoms with van der Waals surface area (Å²) in [5, 5.41) is 17.0. The molecular formula is C8H5N3S. The van der Waals surface area contributed by atoms with Gasteiger partial charge in [0.15, 0.2) is 0 Å². The van der Waals surface area contributed by atoms with Crippen LogP contribution in [0.5, 0.6) is 0 Å². The van der Waals surface area contributed by atoms with Gasteiger partial charge in [0, 0.05) is 17.3 Å². The van der Waals surface area contributed by atoms with Gasteiger partial charge in [-0.1, -0.05) is 0 Å². The van der Waals surface area contributed by atoms with Gasteiger partial charge in [-0.05, 0) is 6.07 Å². The maximum absolute atomic E-state index is 8.64. The second-order valence-electron chi connectivity index (χ2n) is 1.93. The predicted molar refractivity (Wildman–Crippen MR) is 45.3 cm³/mol. The Labute approximate surface area is 74.7 Å². The van der Waals surface area contributed by atoms with Crippen molar-refractivity contribution in [3.05, 3.63) is 24.0 Å². The van der Waals surface area contributed by atoms with Crippen LogP contribution in [0.4, 0.5) is 0 Å². The van der Waals surface area contributed by atoms with Crippen LogP contribution >= 0.6 is 11.8 Å². The molecule has 0 aliphatic carbocycles. The van der Waals surface area contributed by atoms with Gasteiger partial charge in [0.05, 0.1) is 17.4 Å². The summed E-state index contributed by atoms with van der Waals surface area (Å²) < 4.78 is 0. The van der Waals surface area contributed by atoms with E-state index >= 15 is 0 Å². The molecule has 58 valence electrons. The van der Waals surface area contributed by atoms with E-state index in [0.717, 1.165) is 4.90 Å². The van der Waals surface area contributed by atoms with Gasteiger partial charge >= 0.3 is 0 Å². The van der Waals surface area contributed by atoms with Crippen LogP contribution in [0, 0.1) is 22.7 Å². The van der Waals surface area contributed by atoms with Crippen LogP contribution < -0.4 is 0 Å². The lowest BCUT2D eigenvalue weighted by atomic mass is 10.3. The number of hydrogen-bond acceptors (Lipinski definition) is 4. The fraction of sp³-hybridized carbons (Fsp3) is 0.125. The zero-order valence-electron chi connectivity index (χ0n) is 6.19. The summed E-state index contributed by atoms with van der Waals surface area (Å²) in [7, 11) is 0. The Kier molecular flexibility index (Phi) is 3.13. The molecule has 0 unspecified atom stereocenters. The van der Waals surface area contributed by atoms with E-state index in [2.05, 4.69) is 4.98 Å². The number of nitriles is 2. The van der Waals surface area contributed by atoms with Crippen molar-refractivity contribution >= 4 is 11.8 Å². The lowest BCUT2D eigenvalue weighted by molar-refractivity contribution is 1.21. The third-order valence-corrected chi connectivity index (χ3v) is 2.11. The van der Waals surface area contributed by atoms with Gasteiger partial charge in [-0.2, -0.15) is 10.5 Å². The Balaban J connectivity index is 2.86. The van der Waals surface area contributed by atoms with E-state index in [0.29, 0.717) is 11.3 Å². The van der Waals surface area contributed by atoms with Crippen molar-refractivity contribution in [2.75, 3.05) is 5.75 Å². The molecule has 0 amide bonds. The summed E-state index contributed by atoms with van der Waals surface area (Å²) in [5.74, 6) is 0.348.